The van der Waals surface area contributed by atoms with Gasteiger partial charge < -0.3 is 9.80 Å². The Morgan fingerprint density at radius 2 is 2.00 bits per heavy atom. The van der Waals surface area contributed by atoms with E-state index < -0.39 is 6.04 Å². The van der Waals surface area contributed by atoms with Crippen LogP contribution in [-0.2, 0) is 4.79 Å². The van der Waals surface area contributed by atoms with Crippen molar-refractivity contribution in [2.75, 3.05) is 13.1 Å². The van der Waals surface area contributed by atoms with Crippen molar-refractivity contribution in [3.8, 4) is 0 Å². The Hall–Kier alpha value is -2.10. The zero-order valence-electron chi connectivity index (χ0n) is 16.4. The van der Waals surface area contributed by atoms with E-state index in [0.29, 0.717) is 12.1 Å². The van der Waals surface area contributed by atoms with E-state index in [-0.39, 0.29) is 23.8 Å². The predicted octanol–water partition coefficient (Wildman–Crippen LogP) is 4.13. The summed E-state index contributed by atoms with van der Waals surface area (Å²) in [5, 5.41) is 0. The van der Waals surface area contributed by atoms with Crippen LogP contribution in [0.1, 0.15) is 56.8 Å². The van der Waals surface area contributed by atoms with Gasteiger partial charge in [0.2, 0.25) is 5.91 Å². The second-order valence-electron chi connectivity index (χ2n) is 7.38. The van der Waals surface area contributed by atoms with Crippen molar-refractivity contribution in [3.05, 3.63) is 48.6 Å². The summed E-state index contributed by atoms with van der Waals surface area (Å²) < 4.78 is 0. The highest BCUT2D eigenvalue weighted by Crippen LogP contribution is 2.24. The number of hydrogen-bond donors (Lipinski definition) is 0. The minimum Gasteiger partial charge on any atom is -0.334 e. The molecule has 0 saturated carbocycles. The first-order valence-corrected chi connectivity index (χ1v) is 9.80. The molecule has 0 aliphatic carbocycles. The lowest BCUT2D eigenvalue weighted by molar-refractivity contribution is -0.137. The normalized spacial score (nSPS) is 18.0. The summed E-state index contributed by atoms with van der Waals surface area (Å²) in [5.74, 6) is 0.0568. The number of benzene rings is 1. The minimum absolute atomic E-state index is 0.0538. The van der Waals surface area contributed by atoms with Crippen molar-refractivity contribution < 1.29 is 9.59 Å². The summed E-state index contributed by atoms with van der Waals surface area (Å²) >= 11 is 0. The van der Waals surface area contributed by atoms with Crippen molar-refractivity contribution in [1.82, 2.24) is 9.80 Å². The Labute approximate surface area is 157 Å². The average Bonchev–Trinajstić information content (AvgIpc) is 3.13. The number of likely N-dealkylation sites (tertiary alicyclic amines) is 1. The lowest BCUT2D eigenvalue weighted by atomic mass is 9.98. The molecule has 0 radical (unpaired) electrons. The van der Waals surface area contributed by atoms with Crippen LogP contribution in [0.2, 0.25) is 0 Å². The maximum Gasteiger partial charge on any atom is 0.254 e. The Kier molecular flexibility index (Phi) is 7.43. The molecule has 2 atom stereocenters. The lowest BCUT2D eigenvalue weighted by Gasteiger charge is -2.37. The van der Waals surface area contributed by atoms with Gasteiger partial charge in [0.15, 0.2) is 0 Å². The molecule has 4 heteroatoms. The molecule has 1 fully saturated rings. The van der Waals surface area contributed by atoms with Gasteiger partial charge >= 0.3 is 0 Å². The van der Waals surface area contributed by atoms with E-state index in [0.717, 1.165) is 32.2 Å². The molecule has 142 valence electrons. The van der Waals surface area contributed by atoms with E-state index in [2.05, 4.69) is 13.5 Å². The molecular weight excluding hydrogens is 324 g/mol. The quantitative estimate of drug-likeness (QED) is 0.657. The summed E-state index contributed by atoms with van der Waals surface area (Å²) in [6.45, 7) is 11.4. The zero-order valence-corrected chi connectivity index (χ0v) is 16.4. The fourth-order valence-electron chi connectivity index (χ4n) is 3.70. The Morgan fingerprint density at radius 1 is 1.31 bits per heavy atom. The third kappa shape index (κ3) is 4.54. The fourth-order valence-corrected chi connectivity index (χ4v) is 3.70. The van der Waals surface area contributed by atoms with Gasteiger partial charge in [-0.25, -0.2) is 0 Å². The van der Waals surface area contributed by atoms with E-state index in [1.807, 2.05) is 55.2 Å². The first-order chi connectivity index (χ1) is 12.5. The molecule has 0 spiro atoms. The lowest BCUT2D eigenvalue weighted by Crippen LogP contribution is -2.54. The maximum atomic E-state index is 13.4. The Morgan fingerprint density at radius 3 is 2.58 bits per heavy atom. The predicted molar refractivity (Wildman–Crippen MR) is 106 cm³/mol. The highest BCUT2D eigenvalue weighted by Gasteiger charge is 2.38. The summed E-state index contributed by atoms with van der Waals surface area (Å²) in [5.41, 5.74) is 0.642. The second kappa shape index (κ2) is 9.56. The van der Waals surface area contributed by atoms with Crippen LogP contribution in [0, 0.1) is 5.92 Å². The van der Waals surface area contributed by atoms with Gasteiger partial charge in [0.1, 0.15) is 6.04 Å². The average molecular weight is 357 g/mol. The molecule has 2 amide bonds. The highest BCUT2D eigenvalue weighted by atomic mass is 16.2. The van der Waals surface area contributed by atoms with Crippen molar-refractivity contribution in [3.63, 3.8) is 0 Å². The molecule has 1 aliphatic heterocycles. The van der Waals surface area contributed by atoms with Gasteiger partial charge in [-0.05, 0) is 37.3 Å². The molecular formula is C22H32N2O2. The van der Waals surface area contributed by atoms with Crippen LogP contribution < -0.4 is 0 Å². The molecule has 1 saturated heterocycles. The first kappa shape index (κ1) is 20.2. The van der Waals surface area contributed by atoms with Crippen molar-refractivity contribution in [2.24, 2.45) is 5.92 Å². The molecule has 1 aliphatic rings. The summed E-state index contributed by atoms with van der Waals surface area (Å²) in [7, 11) is 0. The summed E-state index contributed by atoms with van der Waals surface area (Å²) in [6.07, 6.45) is 5.69. The van der Waals surface area contributed by atoms with E-state index in [4.69, 9.17) is 0 Å². The van der Waals surface area contributed by atoms with E-state index >= 15 is 0 Å². The van der Waals surface area contributed by atoms with Crippen LogP contribution in [0.5, 0.6) is 0 Å². The molecule has 4 nitrogen and oxygen atoms in total. The molecule has 2 rings (SSSR count). The Balaban J connectivity index is 2.32. The molecule has 0 aromatic heterocycles. The molecule has 1 heterocycles. The molecule has 0 N–H and O–H groups in total. The van der Waals surface area contributed by atoms with Gasteiger partial charge in [-0.15, -0.1) is 6.58 Å². The SMILES string of the molecule is C=CC1CCCN1C(=O)C(C(C)C)N(CCCC)C(=O)c1ccccc1. The number of nitrogens with zero attached hydrogens (tertiary/aromatic N) is 2. The van der Waals surface area contributed by atoms with Crippen LogP contribution in [0.15, 0.2) is 43.0 Å². The monoisotopic (exact) mass is 356 g/mol. The van der Waals surface area contributed by atoms with Crippen LogP contribution in [0.25, 0.3) is 0 Å². The number of amides is 2. The van der Waals surface area contributed by atoms with Crippen molar-refractivity contribution in [1.29, 1.82) is 0 Å². The van der Waals surface area contributed by atoms with Gasteiger partial charge in [-0.3, -0.25) is 9.59 Å². The van der Waals surface area contributed by atoms with Gasteiger partial charge in [0.25, 0.3) is 5.91 Å². The first-order valence-electron chi connectivity index (χ1n) is 9.80. The third-order valence-corrected chi connectivity index (χ3v) is 5.11. The molecule has 26 heavy (non-hydrogen) atoms. The highest BCUT2D eigenvalue weighted by molar-refractivity contribution is 5.97. The molecule has 0 bridgehead atoms. The Bertz CT molecular complexity index is 612. The van der Waals surface area contributed by atoms with Crippen LogP contribution in [0.3, 0.4) is 0 Å². The van der Waals surface area contributed by atoms with Crippen LogP contribution >= 0.6 is 0 Å². The maximum absolute atomic E-state index is 13.4. The number of rotatable bonds is 8. The van der Waals surface area contributed by atoms with Gasteiger partial charge in [0, 0.05) is 24.7 Å². The fraction of sp³-hybridized carbons (Fsp3) is 0.545. The third-order valence-electron chi connectivity index (χ3n) is 5.11. The van der Waals surface area contributed by atoms with Gasteiger partial charge in [0.05, 0.1) is 0 Å². The van der Waals surface area contributed by atoms with E-state index in [1.165, 1.54) is 0 Å². The molecule has 2 unspecified atom stereocenters. The zero-order chi connectivity index (χ0) is 19.1. The van der Waals surface area contributed by atoms with Crippen molar-refractivity contribution in [2.45, 2.75) is 58.5 Å². The smallest absolute Gasteiger partial charge is 0.254 e. The topological polar surface area (TPSA) is 40.6 Å². The minimum atomic E-state index is -0.435. The van der Waals surface area contributed by atoms with Crippen LogP contribution in [-0.4, -0.2) is 46.8 Å². The molecule has 1 aromatic rings. The number of hydrogen-bond acceptors (Lipinski definition) is 2. The number of carbonyl (C=O) groups excluding carboxylic acids is 2. The van der Waals surface area contributed by atoms with Crippen LogP contribution in [0.4, 0.5) is 0 Å². The van der Waals surface area contributed by atoms with Crippen molar-refractivity contribution >= 4 is 11.8 Å². The largest absolute Gasteiger partial charge is 0.334 e. The number of carbonyl (C=O) groups is 2. The second-order valence-corrected chi connectivity index (χ2v) is 7.38. The summed E-state index contributed by atoms with van der Waals surface area (Å²) in [6, 6.07) is 8.93. The summed E-state index contributed by atoms with van der Waals surface area (Å²) in [4.78, 5) is 30.3. The standard InChI is InChI=1S/C22H32N2O2/c1-5-7-15-24(21(25)18-12-9-8-10-13-18)20(17(3)4)22(26)23-16-11-14-19(23)6-2/h6,8-10,12-13,17,19-20H,2,5,7,11,14-16H2,1,3-4H3. The van der Waals surface area contributed by atoms with Gasteiger partial charge in [-0.1, -0.05) is 51.5 Å². The van der Waals surface area contributed by atoms with Gasteiger partial charge in [-0.2, -0.15) is 0 Å². The molecule has 1 aromatic carbocycles. The number of unbranched alkanes of at least 4 members (excludes halogenated alkanes) is 1. The van der Waals surface area contributed by atoms with E-state index in [1.54, 1.807) is 4.90 Å². The van der Waals surface area contributed by atoms with E-state index in [9.17, 15) is 9.59 Å².